The highest BCUT2D eigenvalue weighted by molar-refractivity contribution is 5.97. The molecule has 0 heterocycles. The molecule has 2 rings (SSSR count). The smallest absolute Gasteiger partial charge is 0.176 e. The van der Waals surface area contributed by atoms with Gasteiger partial charge in [0.25, 0.3) is 0 Å². The van der Waals surface area contributed by atoms with E-state index in [2.05, 4.69) is 0 Å². The summed E-state index contributed by atoms with van der Waals surface area (Å²) in [4.78, 5) is 21.3. The Morgan fingerprint density at radius 1 is 1.00 bits per heavy atom. The van der Waals surface area contributed by atoms with Crippen LogP contribution in [0.1, 0.15) is 28.3 Å². The topological polar surface area (TPSA) is 81.7 Å². The highest BCUT2D eigenvalue weighted by atomic mass is 16.1. The van der Waals surface area contributed by atoms with Crippen molar-refractivity contribution in [2.45, 2.75) is 12.3 Å². The number of nitriles is 2. The summed E-state index contributed by atoms with van der Waals surface area (Å²) in [6.45, 7) is 0. The van der Waals surface area contributed by atoms with E-state index in [0.29, 0.717) is 11.8 Å². The molecule has 0 amide bonds. The molecule has 4 nitrogen and oxygen atoms in total. The van der Waals surface area contributed by atoms with Crippen LogP contribution < -0.4 is 0 Å². The van der Waals surface area contributed by atoms with Gasteiger partial charge < -0.3 is 4.79 Å². The first-order valence-electron chi connectivity index (χ1n) is 6.58. The summed E-state index contributed by atoms with van der Waals surface area (Å²) in [5.41, 5.74) is 1.36. The SMILES string of the molecule is N#CC(C=O)c1ccccc1.N#CCC(=O)c1ccccc1. The molecule has 108 valence electrons. The first kappa shape index (κ1) is 16.8. The second kappa shape index (κ2) is 9.63. The highest BCUT2D eigenvalue weighted by Gasteiger charge is 2.06. The van der Waals surface area contributed by atoms with Crippen molar-refractivity contribution in [3.05, 3.63) is 71.8 Å². The number of carbonyl (C=O) groups is 2. The quantitative estimate of drug-likeness (QED) is 0.639. The van der Waals surface area contributed by atoms with Crippen LogP contribution in [-0.4, -0.2) is 12.1 Å². The van der Waals surface area contributed by atoms with Gasteiger partial charge in [0.2, 0.25) is 0 Å². The summed E-state index contributed by atoms with van der Waals surface area (Å²) >= 11 is 0. The lowest BCUT2D eigenvalue weighted by molar-refractivity contribution is -0.108. The Morgan fingerprint density at radius 3 is 2.00 bits per heavy atom. The van der Waals surface area contributed by atoms with Gasteiger partial charge in [-0.15, -0.1) is 0 Å². The van der Waals surface area contributed by atoms with Crippen LogP contribution in [0.4, 0.5) is 0 Å². The Hall–Kier alpha value is -3.24. The molecular formula is C18H14N2O2. The van der Waals surface area contributed by atoms with Crippen molar-refractivity contribution in [1.29, 1.82) is 10.5 Å². The summed E-state index contributed by atoms with van der Waals surface area (Å²) in [5.74, 6) is -0.732. The fourth-order valence-corrected chi connectivity index (χ4v) is 1.64. The molecule has 0 bridgehead atoms. The largest absolute Gasteiger partial charge is 0.302 e. The molecule has 0 spiro atoms. The van der Waals surface area contributed by atoms with Gasteiger partial charge >= 0.3 is 0 Å². The standard InChI is InChI=1S/2C9H7NO/c10-6-9(7-11)8-4-2-1-3-5-8;10-7-6-9(11)8-4-2-1-3-5-8/h1-5,7,9H;1-5H,6H2. The number of aldehydes is 1. The first-order valence-corrected chi connectivity index (χ1v) is 6.58. The number of hydrogen-bond acceptors (Lipinski definition) is 4. The van der Waals surface area contributed by atoms with E-state index in [4.69, 9.17) is 10.5 Å². The van der Waals surface area contributed by atoms with Crippen molar-refractivity contribution >= 4 is 12.1 Å². The van der Waals surface area contributed by atoms with Gasteiger partial charge in [-0.3, -0.25) is 4.79 Å². The van der Waals surface area contributed by atoms with Crippen molar-refractivity contribution in [3.63, 3.8) is 0 Å². The molecular weight excluding hydrogens is 276 g/mol. The van der Waals surface area contributed by atoms with Gasteiger partial charge in [0, 0.05) is 5.56 Å². The average molecular weight is 290 g/mol. The Bertz CT molecular complexity index is 683. The predicted molar refractivity (Wildman–Crippen MR) is 81.9 cm³/mol. The molecule has 0 aliphatic heterocycles. The van der Waals surface area contributed by atoms with Crippen molar-refractivity contribution in [3.8, 4) is 12.1 Å². The monoisotopic (exact) mass is 290 g/mol. The molecule has 0 aliphatic rings. The number of rotatable bonds is 4. The van der Waals surface area contributed by atoms with Crippen LogP contribution in [0.3, 0.4) is 0 Å². The third kappa shape index (κ3) is 5.40. The molecule has 0 N–H and O–H groups in total. The minimum Gasteiger partial charge on any atom is -0.302 e. The van der Waals surface area contributed by atoms with Gasteiger partial charge in [-0.2, -0.15) is 10.5 Å². The minimum absolute atomic E-state index is 0.0377. The Morgan fingerprint density at radius 2 is 1.55 bits per heavy atom. The lowest BCUT2D eigenvalue weighted by Crippen LogP contribution is -1.95. The number of hydrogen-bond donors (Lipinski definition) is 0. The number of ketones is 1. The van der Waals surface area contributed by atoms with Gasteiger partial charge in [-0.1, -0.05) is 60.7 Å². The maximum Gasteiger partial charge on any atom is 0.176 e. The van der Waals surface area contributed by atoms with Crippen LogP contribution in [0.15, 0.2) is 60.7 Å². The van der Waals surface area contributed by atoms with Crippen LogP contribution in [0.5, 0.6) is 0 Å². The summed E-state index contributed by atoms with van der Waals surface area (Å²) < 4.78 is 0. The normalized spacial score (nSPS) is 10.1. The van der Waals surface area contributed by atoms with Crippen LogP contribution in [0.25, 0.3) is 0 Å². The van der Waals surface area contributed by atoms with Crippen LogP contribution in [0.2, 0.25) is 0 Å². The number of Topliss-reactive ketones (excluding diaryl/α,β-unsaturated/α-hetero) is 1. The molecule has 2 aromatic rings. The molecule has 1 atom stereocenters. The zero-order valence-corrected chi connectivity index (χ0v) is 11.8. The Balaban J connectivity index is 0.000000220. The molecule has 0 saturated carbocycles. The third-order valence-corrected chi connectivity index (χ3v) is 2.77. The highest BCUT2D eigenvalue weighted by Crippen LogP contribution is 2.10. The zero-order valence-electron chi connectivity index (χ0n) is 11.8. The molecule has 4 heteroatoms. The van der Waals surface area contributed by atoms with Crippen LogP contribution in [-0.2, 0) is 4.79 Å². The molecule has 1 unspecified atom stereocenters. The number of carbonyl (C=O) groups excluding carboxylic acids is 2. The number of nitrogens with zero attached hydrogens (tertiary/aromatic N) is 2. The van der Waals surface area contributed by atoms with E-state index >= 15 is 0 Å². The lowest BCUT2D eigenvalue weighted by Gasteiger charge is -1.98. The van der Waals surface area contributed by atoms with E-state index in [0.717, 1.165) is 5.56 Å². The van der Waals surface area contributed by atoms with Gasteiger partial charge in [0.1, 0.15) is 12.2 Å². The van der Waals surface area contributed by atoms with E-state index in [1.54, 1.807) is 36.4 Å². The molecule has 2 aromatic carbocycles. The van der Waals surface area contributed by atoms with Crippen molar-refractivity contribution in [1.82, 2.24) is 0 Å². The maximum atomic E-state index is 11.0. The summed E-state index contributed by atoms with van der Waals surface area (Å²) in [6.07, 6.45) is 0.610. The summed E-state index contributed by atoms with van der Waals surface area (Å²) in [6, 6.07) is 21.5. The van der Waals surface area contributed by atoms with Crippen LogP contribution in [0, 0.1) is 22.7 Å². The predicted octanol–water partition coefficient (Wildman–Crippen LogP) is 3.28. The van der Waals surface area contributed by atoms with Gasteiger partial charge in [0.05, 0.1) is 18.6 Å². The second-order valence-electron chi connectivity index (χ2n) is 4.28. The molecule has 0 saturated heterocycles. The Labute approximate surface area is 129 Å². The van der Waals surface area contributed by atoms with Crippen molar-refractivity contribution in [2.24, 2.45) is 0 Å². The molecule has 22 heavy (non-hydrogen) atoms. The zero-order chi connectivity index (χ0) is 16.2. The van der Waals surface area contributed by atoms with E-state index in [1.807, 2.05) is 36.4 Å². The van der Waals surface area contributed by atoms with Crippen molar-refractivity contribution < 1.29 is 9.59 Å². The van der Waals surface area contributed by atoms with Gasteiger partial charge in [-0.25, -0.2) is 0 Å². The van der Waals surface area contributed by atoms with Crippen LogP contribution >= 0.6 is 0 Å². The average Bonchev–Trinajstić information content (AvgIpc) is 2.59. The van der Waals surface area contributed by atoms with Crippen molar-refractivity contribution in [2.75, 3.05) is 0 Å². The second-order valence-corrected chi connectivity index (χ2v) is 4.28. The maximum absolute atomic E-state index is 11.0. The number of benzene rings is 2. The van der Waals surface area contributed by atoms with Gasteiger partial charge in [0.15, 0.2) is 5.78 Å². The first-order chi connectivity index (χ1) is 10.7. The van der Waals surface area contributed by atoms with E-state index in [9.17, 15) is 9.59 Å². The molecule has 0 radical (unpaired) electrons. The molecule has 0 fully saturated rings. The molecule has 0 aliphatic carbocycles. The van der Waals surface area contributed by atoms with E-state index in [1.165, 1.54) is 0 Å². The van der Waals surface area contributed by atoms with E-state index < -0.39 is 5.92 Å². The molecule has 0 aromatic heterocycles. The summed E-state index contributed by atoms with van der Waals surface area (Å²) in [5, 5.41) is 16.7. The fraction of sp³-hybridized carbons (Fsp3) is 0.111. The minimum atomic E-state index is -0.615. The summed E-state index contributed by atoms with van der Waals surface area (Å²) in [7, 11) is 0. The van der Waals surface area contributed by atoms with Gasteiger partial charge in [-0.05, 0) is 5.56 Å². The third-order valence-electron chi connectivity index (χ3n) is 2.77. The Kier molecular flexibility index (Phi) is 7.36. The van der Waals surface area contributed by atoms with E-state index in [-0.39, 0.29) is 12.2 Å². The fourth-order valence-electron chi connectivity index (χ4n) is 1.64. The lowest BCUT2D eigenvalue weighted by atomic mass is 10.0.